The summed E-state index contributed by atoms with van der Waals surface area (Å²) in [5.74, 6) is -4.26. The predicted molar refractivity (Wildman–Crippen MR) is 67.4 cm³/mol. The molecule has 1 aromatic rings. The first-order valence-corrected chi connectivity index (χ1v) is 6.38. The molecule has 4 nitrogen and oxygen atoms in total. The minimum Gasteiger partial charge on any atom is -0.481 e. The average Bonchev–Trinajstić information content (AvgIpc) is 2.43. The van der Waals surface area contributed by atoms with Gasteiger partial charge in [-0.05, 0) is 31.4 Å². The third-order valence-corrected chi connectivity index (χ3v) is 3.56. The van der Waals surface area contributed by atoms with E-state index >= 15 is 0 Å². The molecule has 1 saturated heterocycles. The highest BCUT2D eigenvalue weighted by molar-refractivity contribution is 5.95. The maximum atomic E-state index is 13.9. The number of halogens is 2. The molecule has 0 radical (unpaired) electrons. The lowest BCUT2D eigenvalue weighted by Gasteiger charge is -2.31. The third kappa shape index (κ3) is 2.64. The van der Waals surface area contributed by atoms with Crippen molar-refractivity contribution in [1.82, 2.24) is 4.90 Å². The fraction of sp³-hybridized carbons (Fsp3) is 0.429. The summed E-state index contributed by atoms with van der Waals surface area (Å²) >= 11 is 0. The number of hydrogen-bond acceptors (Lipinski definition) is 2. The molecule has 0 aromatic heterocycles. The van der Waals surface area contributed by atoms with Crippen LogP contribution >= 0.6 is 0 Å². The minimum atomic E-state index is -0.993. The maximum absolute atomic E-state index is 13.9. The highest BCUT2D eigenvalue weighted by Gasteiger charge is 2.31. The predicted octanol–water partition coefficient (Wildman–Crippen LogP) is 2.21. The van der Waals surface area contributed by atoms with Crippen LogP contribution in [0.2, 0.25) is 0 Å². The Labute approximate surface area is 115 Å². The molecular formula is C14H15F2NO3. The first kappa shape index (κ1) is 14.4. The van der Waals surface area contributed by atoms with Gasteiger partial charge in [-0.3, -0.25) is 9.59 Å². The number of benzene rings is 1. The largest absolute Gasteiger partial charge is 0.481 e. The normalized spacial score (nSPS) is 18.9. The SMILES string of the molecule is Cc1ccc(F)c(C(=O)N2CCCC(C(=O)O)C2)c1F. The molecule has 1 amide bonds. The van der Waals surface area contributed by atoms with Gasteiger partial charge in [0.15, 0.2) is 0 Å². The first-order chi connectivity index (χ1) is 9.41. The maximum Gasteiger partial charge on any atom is 0.308 e. The zero-order valence-corrected chi connectivity index (χ0v) is 11.0. The molecule has 0 saturated carbocycles. The van der Waals surface area contributed by atoms with E-state index in [4.69, 9.17) is 5.11 Å². The minimum absolute atomic E-state index is 0.0129. The lowest BCUT2D eigenvalue weighted by molar-refractivity contribution is -0.143. The van der Waals surface area contributed by atoms with E-state index in [1.807, 2.05) is 0 Å². The fourth-order valence-electron chi connectivity index (χ4n) is 2.37. The Bertz CT molecular complexity index is 560. The number of rotatable bonds is 2. The molecule has 6 heteroatoms. The van der Waals surface area contributed by atoms with Gasteiger partial charge in [-0.15, -0.1) is 0 Å². The summed E-state index contributed by atoms with van der Waals surface area (Å²) in [5, 5.41) is 8.98. The number of carboxylic acid groups (broad SMARTS) is 1. The second-order valence-electron chi connectivity index (χ2n) is 4.98. The van der Waals surface area contributed by atoms with E-state index in [1.54, 1.807) is 0 Å². The van der Waals surface area contributed by atoms with Gasteiger partial charge in [-0.1, -0.05) is 6.07 Å². The summed E-state index contributed by atoms with van der Waals surface area (Å²) in [6.45, 7) is 1.75. The number of likely N-dealkylation sites (tertiary alicyclic amines) is 1. The summed E-state index contributed by atoms with van der Waals surface area (Å²) < 4.78 is 27.6. The summed E-state index contributed by atoms with van der Waals surface area (Å²) in [6.07, 6.45) is 0.982. The van der Waals surface area contributed by atoms with Crippen molar-refractivity contribution in [3.8, 4) is 0 Å². The number of aliphatic carboxylic acids is 1. The highest BCUT2D eigenvalue weighted by Crippen LogP contribution is 2.22. The van der Waals surface area contributed by atoms with Crippen LogP contribution in [0.15, 0.2) is 12.1 Å². The van der Waals surface area contributed by atoms with Gasteiger partial charge in [0.1, 0.15) is 17.2 Å². The van der Waals surface area contributed by atoms with Gasteiger partial charge in [0.2, 0.25) is 0 Å². The number of hydrogen-bond donors (Lipinski definition) is 1. The van der Waals surface area contributed by atoms with E-state index in [0.717, 1.165) is 6.07 Å². The van der Waals surface area contributed by atoms with E-state index in [-0.39, 0.29) is 12.1 Å². The van der Waals surface area contributed by atoms with Gasteiger partial charge in [0.05, 0.1) is 5.92 Å². The van der Waals surface area contributed by atoms with Crippen LogP contribution in [0.1, 0.15) is 28.8 Å². The summed E-state index contributed by atoms with van der Waals surface area (Å²) in [4.78, 5) is 24.4. The number of carbonyl (C=O) groups excluding carboxylic acids is 1. The van der Waals surface area contributed by atoms with Crippen molar-refractivity contribution in [1.29, 1.82) is 0 Å². The van der Waals surface area contributed by atoms with Crippen LogP contribution in [-0.2, 0) is 4.79 Å². The molecule has 20 heavy (non-hydrogen) atoms. The van der Waals surface area contributed by atoms with Crippen molar-refractivity contribution in [3.05, 3.63) is 34.9 Å². The molecule has 1 atom stereocenters. The van der Waals surface area contributed by atoms with Crippen molar-refractivity contribution in [2.24, 2.45) is 5.92 Å². The topological polar surface area (TPSA) is 57.6 Å². The number of piperidine rings is 1. The van der Waals surface area contributed by atoms with E-state index in [1.165, 1.54) is 17.9 Å². The fourth-order valence-corrected chi connectivity index (χ4v) is 2.37. The van der Waals surface area contributed by atoms with Crippen LogP contribution in [0.5, 0.6) is 0 Å². The standard InChI is InChI=1S/C14H15F2NO3/c1-8-4-5-10(15)11(12(8)16)13(18)17-6-2-3-9(7-17)14(19)20/h4-5,9H,2-3,6-7H2,1H3,(H,19,20). The third-order valence-electron chi connectivity index (χ3n) is 3.56. The molecule has 1 aliphatic rings. The molecule has 2 rings (SSSR count). The zero-order chi connectivity index (χ0) is 14.9. The Hall–Kier alpha value is -1.98. The van der Waals surface area contributed by atoms with Gasteiger partial charge < -0.3 is 10.0 Å². The molecule has 1 aromatic carbocycles. The highest BCUT2D eigenvalue weighted by atomic mass is 19.1. The molecule has 1 fully saturated rings. The molecule has 1 heterocycles. The molecule has 1 unspecified atom stereocenters. The van der Waals surface area contributed by atoms with Crippen LogP contribution < -0.4 is 0 Å². The smallest absolute Gasteiger partial charge is 0.308 e. The second kappa shape index (κ2) is 5.56. The Morgan fingerprint density at radius 2 is 2.05 bits per heavy atom. The first-order valence-electron chi connectivity index (χ1n) is 6.38. The van der Waals surface area contributed by atoms with E-state index in [9.17, 15) is 18.4 Å². The summed E-state index contributed by atoms with van der Waals surface area (Å²) in [6, 6.07) is 2.31. The van der Waals surface area contributed by atoms with Crippen LogP contribution in [0.25, 0.3) is 0 Å². The molecule has 108 valence electrons. The van der Waals surface area contributed by atoms with Crippen molar-refractivity contribution in [2.75, 3.05) is 13.1 Å². The van der Waals surface area contributed by atoms with E-state index in [0.29, 0.717) is 19.4 Å². The molecule has 1 N–H and O–H groups in total. The lowest BCUT2D eigenvalue weighted by Crippen LogP contribution is -2.43. The Morgan fingerprint density at radius 1 is 1.35 bits per heavy atom. The number of nitrogens with zero attached hydrogens (tertiary/aromatic N) is 1. The number of aryl methyl sites for hydroxylation is 1. The number of carbonyl (C=O) groups is 2. The van der Waals surface area contributed by atoms with Gasteiger partial charge in [-0.2, -0.15) is 0 Å². The zero-order valence-electron chi connectivity index (χ0n) is 11.0. The molecule has 0 aliphatic carbocycles. The van der Waals surface area contributed by atoms with Crippen LogP contribution in [0.3, 0.4) is 0 Å². The number of amides is 1. The number of carboxylic acids is 1. The van der Waals surface area contributed by atoms with Crippen molar-refractivity contribution >= 4 is 11.9 Å². The molecule has 1 aliphatic heterocycles. The van der Waals surface area contributed by atoms with E-state index in [2.05, 4.69) is 0 Å². The Morgan fingerprint density at radius 3 is 2.70 bits per heavy atom. The van der Waals surface area contributed by atoms with Gasteiger partial charge in [0, 0.05) is 13.1 Å². The second-order valence-corrected chi connectivity index (χ2v) is 4.98. The molecule has 0 spiro atoms. The molecular weight excluding hydrogens is 268 g/mol. The Kier molecular flexibility index (Phi) is 4.01. The van der Waals surface area contributed by atoms with Gasteiger partial charge in [-0.25, -0.2) is 8.78 Å². The summed E-state index contributed by atoms with van der Waals surface area (Å²) in [5.41, 5.74) is -0.419. The lowest BCUT2D eigenvalue weighted by atomic mass is 9.97. The summed E-state index contributed by atoms with van der Waals surface area (Å²) in [7, 11) is 0. The van der Waals surface area contributed by atoms with E-state index < -0.39 is 35.0 Å². The van der Waals surface area contributed by atoms with Gasteiger partial charge >= 0.3 is 5.97 Å². The molecule has 0 bridgehead atoms. The van der Waals surface area contributed by atoms with Crippen molar-refractivity contribution < 1.29 is 23.5 Å². The van der Waals surface area contributed by atoms with Crippen LogP contribution in [0.4, 0.5) is 8.78 Å². The van der Waals surface area contributed by atoms with Crippen LogP contribution in [-0.4, -0.2) is 35.0 Å². The monoisotopic (exact) mass is 283 g/mol. The Balaban J connectivity index is 2.28. The quantitative estimate of drug-likeness (QED) is 0.905. The van der Waals surface area contributed by atoms with Crippen molar-refractivity contribution in [2.45, 2.75) is 19.8 Å². The van der Waals surface area contributed by atoms with Crippen LogP contribution in [0, 0.1) is 24.5 Å². The van der Waals surface area contributed by atoms with Gasteiger partial charge in [0.25, 0.3) is 5.91 Å². The average molecular weight is 283 g/mol. The van der Waals surface area contributed by atoms with Crippen molar-refractivity contribution in [3.63, 3.8) is 0 Å².